The van der Waals surface area contributed by atoms with Crippen molar-refractivity contribution in [2.75, 3.05) is 7.11 Å². The van der Waals surface area contributed by atoms with Crippen molar-refractivity contribution >= 4 is 16.9 Å². The number of hydrogen-bond donors (Lipinski definition) is 0. The van der Waals surface area contributed by atoms with Crippen LogP contribution in [0, 0.1) is 0 Å². The molecule has 90 valence electrons. The molecule has 1 aromatic heterocycles. The van der Waals surface area contributed by atoms with Crippen LogP contribution in [0.15, 0.2) is 24.4 Å². The Morgan fingerprint density at radius 3 is 2.94 bits per heavy atom. The normalized spacial score (nSPS) is 11.1. The van der Waals surface area contributed by atoms with E-state index in [0.29, 0.717) is 16.5 Å². The highest BCUT2D eigenvalue weighted by molar-refractivity contribution is 5.94. The quantitative estimate of drug-likeness (QED) is 0.771. The van der Waals surface area contributed by atoms with Crippen molar-refractivity contribution in [1.82, 2.24) is 9.78 Å². The van der Waals surface area contributed by atoms with Gasteiger partial charge in [0.05, 0.1) is 24.4 Å². The molecule has 0 N–H and O–H groups in total. The summed E-state index contributed by atoms with van der Waals surface area (Å²) in [4.78, 5) is 11.3. The number of carbonyl (C=O) groups is 1. The van der Waals surface area contributed by atoms with Gasteiger partial charge in [0.2, 0.25) is 0 Å². The average molecular weight is 240 g/mol. The number of carbonyl (C=O) groups excluding carboxylic acids is 1. The van der Waals surface area contributed by atoms with E-state index < -0.39 is 18.9 Å². The first kappa shape index (κ1) is 11.5. The molecule has 0 amide bonds. The van der Waals surface area contributed by atoms with E-state index in [1.165, 1.54) is 24.1 Å². The second-order valence-electron chi connectivity index (χ2n) is 3.48. The molecule has 6 heteroatoms. The molecule has 0 unspecified atom stereocenters. The molecule has 2 aromatic rings. The van der Waals surface area contributed by atoms with Crippen molar-refractivity contribution in [2.45, 2.75) is 13.0 Å². The summed E-state index contributed by atoms with van der Waals surface area (Å²) in [6.07, 6.45) is -1.00. The zero-order valence-electron chi connectivity index (χ0n) is 9.06. The van der Waals surface area contributed by atoms with Crippen LogP contribution >= 0.6 is 0 Å². The smallest absolute Gasteiger partial charge is 0.337 e. The molecule has 0 aliphatic heterocycles. The third-order valence-corrected chi connectivity index (χ3v) is 2.38. The van der Waals surface area contributed by atoms with Crippen molar-refractivity contribution in [1.29, 1.82) is 0 Å². The van der Waals surface area contributed by atoms with Crippen LogP contribution in [0.2, 0.25) is 0 Å². The molecule has 17 heavy (non-hydrogen) atoms. The van der Waals surface area contributed by atoms with Crippen molar-refractivity contribution in [3.63, 3.8) is 0 Å². The molecule has 0 atom stereocenters. The molecule has 0 radical (unpaired) electrons. The largest absolute Gasteiger partial charge is 0.465 e. The fraction of sp³-hybridized carbons (Fsp3) is 0.273. The van der Waals surface area contributed by atoms with Gasteiger partial charge in [0, 0.05) is 5.39 Å². The highest BCUT2D eigenvalue weighted by Crippen LogP contribution is 2.17. The minimum absolute atomic E-state index is 0.316. The van der Waals surface area contributed by atoms with Crippen molar-refractivity contribution in [3.05, 3.63) is 30.0 Å². The average Bonchev–Trinajstić information content (AvgIpc) is 2.70. The summed E-state index contributed by atoms with van der Waals surface area (Å²) in [5.41, 5.74) is 0.809. The summed E-state index contributed by atoms with van der Waals surface area (Å²) in [6, 6.07) is 4.72. The summed E-state index contributed by atoms with van der Waals surface area (Å²) in [7, 11) is 1.27. The number of nitrogens with zero attached hydrogens (tertiary/aromatic N) is 2. The van der Waals surface area contributed by atoms with Gasteiger partial charge < -0.3 is 4.74 Å². The summed E-state index contributed by atoms with van der Waals surface area (Å²) in [5.74, 6) is -0.503. The Hall–Kier alpha value is -1.98. The Labute approximate surface area is 95.8 Å². The van der Waals surface area contributed by atoms with Crippen LogP contribution in [0.25, 0.3) is 10.9 Å². The number of methoxy groups -OCH3 is 1. The molecule has 2 rings (SSSR count). The van der Waals surface area contributed by atoms with E-state index in [4.69, 9.17) is 0 Å². The van der Waals surface area contributed by atoms with Gasteiger partial charge in [0.1, 0.15) is 6.54 Å². The van der Waals surface area contributed by atoms with Gasteiger partial charge >= 0.3 is 5.97 Å². The Balaban J connectivity index is 2.46. The molecule has 0 aliphatic rings. The number of halogens is 2. The Morgan fingerprint density at radius 2 is 2.29 bits per heavy atom. The van der Waals surface area contributed by atoms with Crippen molar-refractivity contribution in [3.8, 4) is 0 Å². The minimum atomic E-state index is -2.49. The Bertz CT molecular complexity index is 551. The molecule has 0 saturated heterocycles. The van der Waals surface area contributed by atoms with Gasteiger partial charge in [-0.15, -0.1) is 0 Å². The lowest BCUT2D eigenvalue weighted by Gasteiger charge is -2.03. The van der Waals surface area contributed by atoms with E-state index in [2.05, 4.69) is 9.84 Å². The summed E-state index contributed by atoms with van der Waals surface area (Å²) >= 11 is 0. The van der Waals surface area contributed by atoms with E-state index in [1.54, 1.807) is 12.1 Å². The van der Waals surface area contributed by atoms with Crippen LogP contribution in [0.3, 0.4) is 0 Å². The zero-order chi connectivity index (χ0) is 12.4. The van der Waals surface area contributed by atoms with Gasteiger partial charge in [-0.2, -0.15) is 5.10 Å². The number of rotatable bonds is 3. The Kier molecular flexibility index (Phi) is 3.03. The first-order valence-electron chi connectivity index (χ1n) is 4.94. The van der Waals surface area contributed by atoms with Crippen molar-refractivity contribution in [2.24, 2.45) is 0 Å². The van der Waals surface area contributed by atoms with Crippen LogP contribution in [-0.2, 0) is 11.3 Å². The van der Waals surface area contributed by atoms with Crippen LogP contribution in [0.4, 0.5) is 8.78 Å². The lowest BCUT2D eigenvalue weighted by atomic mass is 10.2. The fourth-order valence-corrected chi connectivity index (χ4v) is 1.59. The number of fused-ring (bicyclic) bond motifs is 1. The monoisotopic (exact) mass is 240 g/mol. The standard InChI is InChI=1S/C11H10F2N2O2/c1-17-11(16)7-2-3-8-5-14-15(6-10(12)13)9(8)4-7/h2-5,10H,6H2,1H3. The number of hydrogen-bond acceptors (Lipinski definition) is 3. The van der Waals surface area contributed by atoms with Crippen LogP contribution < -0.4 is 0 Å². The lowest BCUT2D eigenvalue weighted by Crippen LogP contribution is -2.08. The SMILES string of the molecule is COC(=O)c1ccc2cnn(CC(F)F)c2c1. The fourth-order valence-electron chi connectivity index (χ4n) is 1.59. The minimum Gasteiger partial charge on any atom is -0.465 e. The van der Waals surface area contributed by atoms with Crippen LogP contribution in [0.1, 0.15) is 10.4 Å². The van der Waals surface area contributed by atoms with Gasteiger partial charge in [0.25, 0.3) is 6.43 Å². The molecular formula is C11H10F2N2O2. The van der Waals surface area contributed by atoms with E-state index in [9.17, 15) is 13.6 Å². The molecular weight excluding hydrogens is 230 g/mol. The van der Waals surface area contributed by atoms with Crippen molar-refractivity contribution < 1.29 is 18.3 Å². The highest BCUT2D eigenvalue weighted by atomic mass is 19.3. The lowest BCUT2D eigenvalue weighted by molar-refractivity contribution is 0.0601. The van der Waals surface area contributed by atoms with E-state index in [0.717, 1.165) is 0 Å². The molecule has 0 fully saturated rings. The number of alkyl halides is 2. The Morgan fingerprint density at radius 1 is 1.53 bits per heavy atom. The third kappa shape index (κ3) is 2.25. The van der Waals surface area contributed by atoms with Crippen LogP contribution in [0.5, 0.6) is 0 Å². The van der Waals surface area contributed by atoms with Gasteiger partial charge in [-0.3, -0.25) is 4.68 Å². The number of benzene rings is 1. The summed E-state index contributed by atoms with van der Waals surface area (Å²) < 4.78 is 30.3. The first-order valence-corrected chi connectivity index (χ1v) is 4.94. The summed E-state index contributed by atoms with van der Waals surface area (Å²) in [6.45, 7) is -0.492. The zero-order valence-corrected chi connectivity index (χ0v) is 9.06. The predicted molar refractivity (Wildman–Crippen MR) is 57.1 cm³/mol. The molecule has 1 heterocycles. The van der Waals surface area contributed by atoms with Gasteiger partial charge in [-0.25, -0.2) is 13.6 Å². The molecule has 0 aliphatic carbocycles. The highest BCUT2D eigenvalue weighted by Gasteiger charge is 2.11. The second kappa shape index (κ2) is 4.48. The second-order valence-corrected chi connectivity index (χ2v) is 3.48. The maximum absolute atomic E-state index is 12.3. The van der Waals surface area contributed by atoms with E-state index in [-0.39, 0.29) is 0 Å². The van der Waals surface area contributed by atoms with Gasteiger partial charge in [-0.1, -0.05) is 6.07 Å². The van der Waals surface area contributed by atoms with Crippen LogP contribution in [-0.4, -0.2) is 29.3 Å². The number of aromatic nitrogens is 2. The summed E-state index contributed by atoms with van der Waals surface area (Å²) in [5, 5.41) is 4.55. The molecule has 1 aromatic carbocycles. The molecule has 0 bridgehead atoms. The predicted octanol–water partition coefficient (Wildman–Crippen LogP) is 2.09. The first-order chi connectivity index (χ1) is 8.11. The third-order valence-electron chi connectivity index (χ3n) is 2.38. The molecule has 0 saturated carbocycles. The van der Waals surface area contributed by atoms with Gasteiger partial charge in [0.15, 0.2) is 0 Å². The maximum Gasteiger partial charge on any atom is 0.337 e. The maximum atomic E-state index is 12.3. The molecule has 4 nitrogen and oxygen atoms in total. The van der Waals surface area contributed by atoms with E-state index >= 15 is 0 Å². The topological polar surface area (TPSA) is 44.1 Å². The number of esters is 1. The molecule has 0 spiro atoms. The van der Waals surface area contributed by atoms with Gasteiger partial charge in [-0.05, 0) is 12.1 Å². The van der Waals surface area contributed by atoms with E-state index in [1.807, 2.05) is 0 Å². The number of ether oxygens (including phenoxy) is 1.